The maximum absolute atomic E-state index is 12.7. The van der Waals surface area contributed by atoms with Gasteiger partial charge in [0.2, 0.25) is 5.28 Å². The molecule has 2 aromatic carbocycles. The molecule has 0 atom stereocenters. The minimum atomic E-state index is -4.37. The van der Waals surface area contributed by atoms with Gasteiger partial charge in [-0.1, -0.05) is 18.2 Å². The summed E-state index contributed by atoms with van der Waals surface area (Å²) in [4.78, 5) is 8.30. The predicted molar refractivity (Wildman–Crippen MR) is 99.2 cm³/mol. The zero-order valence-electron chi connectivity index (χ0n) is 14.1. The average molecular weight is 390 g/mol. The number of halogens is 4. The molecule has 0 spiro atoms. The number of aromatic nitrogens is 2. The first-order valence-electron chi connectivity index (χ1n) is 8.49. The molecule has 1 aliphatic carbocycles. The van der Waals surface area contributed by atoms with Crippen LogP contribution in [0, 0.1) is 0 Å². The Morgan fingerprint density at radius 1 is 0.889 bits per heavy atom. The molecule has 3 aromatic rings. The predicted octanol–water partition coefficient (Wildman–Crippen LogP) is 6.05. The molecule has 3 nitrogen and oxygen atoms in total. The Morgan fingerprint density at radius 3 is 2.37 bits per heavy atom. The van der Waals surface area contributed by atoms with Gasteiger partial charge in [0, 0.05) is 17.3 Å². The van der Waals surface area contributed by atoms with Crippen LogP contribution in [0.3, 0.4) is 0 Å². The van der Waals surface area contributed by atoms with Gasteiger partial charge in [0.25, 0.3) is 0 Å². The number of nitrogens with zero attached hydrogens (tertiary/aromatic N) is 2. The summed E-state index contributed by atoms with van der Waals surface area (Å²) in [5.41, 5.74) is 3.86. The van der Waals surface area contributed by atoms with Crippen LogP contribution in [0.4, 0.5) is 24.7 Å². The van der Waals surface area contributed by atoms with E-state index in [0.29, 0.717) is 17.1 Å². The van der Waals surface area contributed by atoms with Crippen molar-refractivity contribution in [2.24, 2.45) is 0 Å². The fourth-order valence-electron chi connectivity index (χ4n) is 3.26. The van der Waals surface area contributed by atoms with Crippen LogP contribution < -0.4 is 5.32 Å². The molecule has 1 heterocycles. The number of benzene rings is 2. The smallest absolute Gasteiger partial charge is 0.340 e. The van der Waals surface area contributed by atoms with Crippen molar-refractivity contribution in [3.63, 3.8) is 0 Å². The van der Waals surface area contributed by atoms with Crippen LogP contribution in [0.5, 0.6) is 0 Å². The van der Waals surface area contributed by atoms with Crippen molar-refractivity contribution in [1.82, 2.24) is 9.97 Å². The normalized spacial score (nSPS) is 13.5. The lowest BCUT2D eigenvalue weighted by Gasteiger charge is -2.11. The summed E-state index contributed by atoms with van der Waals surface area (Å²) in [6.07, 6.45) is -1.04. The molecule has 0 fully saturated rings. The highest BCUT2D eigenvalue weighted by atomic mass is 35.5. The lowest BCUT2D eigenvalue weighted by Crippen LogP contribution is -2.04. The maximum atomic E-state index is 12.7. The van der Waals surface area contributed by atoms with E-state index in [1.807, 2.05) is 6.07 Å². The topological polar surface area (TPSA) is 37.8 Å². The van der Waals surface area contributed by atoms with Crippen LogP contribution in [0.2, 0.25) is 5.28 Å². The Kier molecular flexibility index (Phi) is 4.52. The van der Waals surface area contributed by atoms with E-state index in [4.69, 9.17) is 11.6 Å². The van der Waals surface area contributed by atoms with Gasteiger partial charge in [-0.25, -0.2) is 9.97 Å². The molecule has 0 saturated heterocycles. The first kappa shape index (κ1) is 17.8. The van der Waals surface area contributed by atoms with E-state index in [1.54, 1.807) is 6.07 Å². The van der Waals surface area contributed by atoms with Crippen molar-refractivity contribution in [1.29, 1.82) is 0 Å². The fraction of sp³-hybridized carbons (Fsp3) is 0.200. The average Bonchev–Trinajstić information content (AvgIpc) is 3.08. The summed E-state index contributed by atoms with van der Waals surface area (Å²) in [5.74, 6) is 0.489. The van der Waals surface area contributed by atoms with Crippen molar-refractivity contribution < 1.29 is 13.2 Å². The highest BCUT2D eigenvalue weighted by Crippen LogP contribution is 2.32. The molecule has 0 saturated carbocycles. The van der Waals surface area contributed by atoms with E-state index in [2.05, 4.69) is 27.4 Å². The quantitative estimate of drug-likeness (QED) is 0.554. The van der Waals surface area contributed by atoms with E-state index in [9.17, 15) is 13.2 Å². The molecular formula is C20H15ClF3N3. The molecule has 1 aliphatic rings. The van der Waals surface area contributed by atoms with Gasteiger partial charge >= 0.3 is 6.18 Å². The Morgan fingerprint density at radius 2 is 1.63 bits per heavy atom. The molecule has 4 rings (SSSR count). The van der Waals surface area contributed by atoms with E-state index in [0.717, 1.165) is 37.1 Å². The lowest BCUT2D eigenvalue weighted by atomic mass is 10.1. The molecule has 1 N–H and O–H groups in total. The van der Waals surface area contributed by atoms with Crippen molar-refractivity contribution >= 4 is 23.1 Å². The minimum absolute atomic E-state index is 0.0241. The molecule has 27 heavy (non-hydrogen) atoms. The molecule has 0 unspecified atom stereocenters. The van der Waals surface area contributed by atoms with Crippen molar-refractivity contribution in [3.8, 4) is 11.3 Å². The Labute approximate surface area is 159 Å². The first-order valence-corrected chi connectivity index (χ1v) is 8.87. The second kappa shape index (κ2) is 6.85. The van der Waals surface area contributed by atoms with E-state index >= 15 is 0 Å². The van der Waals surface area contributed by atoms with Crippen LogP contribution in [-0.2, 0) is 19.0 Å². The fourth-order valence-corrected chi connectivity index (χ4v) is 3.44. The van der Waals surface area contributed by atoms with Crippen molar-refractivity contribution in [3.05, 3.63) is 70.5 Å². The molecular weight excluding hydrogens is 375 g/mol. The van der Waals surface area contributed by atoms with Gasteiger partial charge in [0.1, 0.15) is 5.82 Å². The molecule has 1 aromatic heterocycles. The van der Waals surface area contributed by atoms with Gasteiger partial charge in [-0.3, -0.25) is 0 Å². The van der Waals surface area contributed by atoms with E-state index < -0.39 is 11.7 Å². The summed E-state index contributed by atoms with van der Waals surface area (Å²) in [7, 11) is 0. The monoisotopic (exact) mass is 389 g/mol. The third kappa shape index (κ3) is 3.90. The number of hydrogen-bond acceptors (Lipinski definition) is 3. The zero-order chi connectivity index (χ0) is 19.0. The highest BCUT2D eigenvalue weighted by Gasteiger charge is 2.30. The van der Waals surface area contributed by atoms with Crippen LogP contribution in [0.1, 0.15) is 23.1 Å². The summed E-state index contributed by atoms with van der Waals surface area (Å²) in [5, 5.41) is 3.23. The van der Waals surface area contributed by atoms with Crippen molar-refractivity contribution in [2.45, 2.75) is 25.4 Å². The molecule has 0 amide bonds. The summed E-state index contributed by atoms with van der Waals surface area (Å²) < 4.78 is 38.2. The molecule has 0 bridgehead atoms. The number of hydrogen-bond donors (Lipinski definition) is 1. The van der Waals surface area contributed by atoms with Crippen molar-refractivity contribution in [2.75, 3.05) is 5.32 Å². The summed E-state index contributed by atoms with van der Waals surface area (Å²) in [6, 6.07) is 12.7. The van der Waals surface area contributed by atoms with Gasteiger partial charge < -0.3 is 5.32 Å². The second-order valence-electron chi connectivity index (χ2n) is 6.44. The van der Waals surface area contributed by atoms with Crippen LogP contribution in [0.15, 0.2) is 48.5 Å². The standard InChI is InChI=1S/C20H15ClF3N3/c21-19-26-17(13-4-7-15(8-5-13)20(22,23)24)11-18(27-19)25-16-9-6-12-2-1-3-14(12)10-16/h4-11H,1-3H2,(H,25,26,27). The summed E-state index contributed by atoms with van der Waals surface area (Å²) >= 11 is 6.02. The van der Waals surface area contributed by atoms with Gasteiger partial charge in [0.15, 0.2) is 0 Å². The highest BCUT2D eigenvalue weighted by molar-refractivity contribution is 6.28. The number of rotatable bonds is 3. The maximum Gasteiger partial charge on any atom is 0.416 e. The Hall–Kier alpha value is -2.60. The van der Waals surface area contributed by atoms with Gasteiger partial charge in [-0.05, 0) is 66.3 Å². The first-order chi connectivity index (χ1) is 12.9. The number of aryl methyl sites for hydroxylation is 2. The zero-order valence-corrected chi connectivity index (χ0v) is 14.9. The van der Waals surface area contributed by atoms with E-state index in [1.165, 1.54) is 23.3 Å². The summed E-state index contributed by atoms with van der Waals surface area (Å²) in [6.45, 7) is 0. The van der Waals surface area contributed by atoms with Gasteiger partial charge in [0.05, 0.1) is 11.3 Å². The molecule has 0 radical (unpaired) electrons. The van der Waals surface area contributed by atoms with Crippen LogP contribution in [-0.4, -0.2) is 9.97 Å². The second-order valence-corrected chi connectivity index (χ2v) is 6.78. The third-order valence-electron chi connectivity index (χ3n) is 4.58. The van der Waals surface area contributed by atoms with Crippen LogP contribution in [0.25, 0.3) is 11.3 Å². The van der Waals surface area contributed by atoms with Crippen LogP contribution >= 0.6 is 11.6 Å². The number of fused-ring (bicyclic) bond motifs is 1. The minimum Gasteiger partial charge on any atom is -0.340 e. The Balaban J connectivity index is 1.61. The lowest BCUT2D eigenvalue weighted by molar-refractivity contribution is -0.137. The molecule has 0 aliphatic heterocycles. The number of alkyl halides is 3. The molecule has 7 heteroatoms. The largest absolute Gasteiger partial charge is 0.416 e. The number of anilines is 2. The van der Waals surface area contributed by atoms with E-state index in [-0.39, 0.29) is 5.28 Å². The Bertz CT molecular complexity index is 985. The number of nitrogens with one attached hydrogen (secondary N) is 1. The SMILES string of the molecule is FC(F)(F)c1ccc(-c2cc(Nc3ccc4c(c3)CCC4)nc(Cl)n2)cc1. The van der Waals surface area contributed by atoms with Gasteiger partial charge in [-0.2, -0.15) is 13.2 Å². The molecule has 138 valence electrons. The van der Waals surface area contributed by atoms with Gasteiger partial charge in [-0.15, -0.1) is 0 Å². The third-order valence-corrected chi connectivity index (χ3v) is 4.75.